The fraction of sp³-hybridized carbons (Fsp3) is 0.0952. The summed E-state index contributed by atoms with van der Waals surface area (Å²) in [7, 11) is 0. The molecule has 1 amide bonds. The van der Waals surface area contributed by atoms with Gasteiger partial charge in [0.1, 0.15) is 10.6 Å². The Balaban J connectivity index is 1.52. The average Bonchev–Trinajstić information content (AvgIpc) is 3.15. The SMILES string of the molecule is O=C(O)c1ccccc1C(=O)NC1=CCC(O)(c2nc3ccccc3s2)C=C1. The number of allylic oxidation sites excluding steroid dienone is 1. The van der Waals surface area contributed by atoms with Gasteiger partial charge in [-0.2, -0.15) is 0 Å². The minimum absolute atomic E-state index is 0.0635. The molecule has 1 unspecified atom stereocenters. The summed E-state index contributed by atoms with van der Waals surface area (Å²) >= 11 is 1.43. The molecule has 4 rings (SSSR count). The standard InChI is InChI=1S/C21H16N2O4S/c24-18(14-5-1-2-6-15(14)19(25)26)22-13-9-11-21(27,12-10-13)20-23-16-7-3-4-8-17(16)28-20/h1-11,27H,12H2,(H,22,24)(H,25,26). The summed E-state index contributed by atoms with van der Waals surface area (Å²) in [6.45, 7) is 0. The van der Waals surface area contributed by atoms with Crippen LogP contribution in [0.4, 0.5) is 0 Å². The molecule has 1 aromatic heterocycles. The second-order valence-electron chi connectivity index (χ2n) is 6.41. The third-order valence-electron chi connectivity index (χ3n) is 4.50. The van der Waals surface area contributed by atoms with E-state index >= 15 is 0 Å². The number of carboxylic acid groups (broad SMARTS) is 1. The number of aliphatic hydroxyl groups is 1. The lowest BCUT2D eigenvalue weighted by molar-refractivity contribution is 0.0691. The van der Waals surface area contributed by atoms with Gasteiger partial charge in [0.15, 0.2) is 0 Å². The molecule has 3 N–H and O–H groups in total. The van der Waals surface area contributed by atoms with Crippen molar-refractivity contribution in [2.75, 3.05) is 0 Å². The number of hydrogen-bond donors (Lipinski definition) is 3. The Hall–Kier alpha value is -3.29. The number of nitrogens with zero attached hydrogens (tertiary/aromatic N) is 1. The highest BCUT2D eigenvalue weighted by Gasteiger charge is 2.31. The summed E-state index contributed by atoms with van der Waals surface area (Å²) in [5.74, 6) is -1.68. The molecule has 6 nitrogen and oxygen atoms in total. The van der Waals surface area contributed by atoms with E-state index in [-0.39, 0.29) is 17.5 Å². The van der Waals surface area contributed by atoms with E-state index in [1.807, 2.05) is 24.3 Å². The fourth-order valence-corrected chi connectivity index (χ4v) is 4.05. The quantitative estimate of drug-likeness (QED) is 0.631. The van der Waals surface area contributed by atoms with Gasteiger partial charge in [-0.05, 0) is 36.4 Å². The van der Waals surface area contributed by atoms with Crippen LogP contribution < -0.4 is 5.32 Å². The molecule has 28 heavy (non-hydrogen) atoms. The van der Waals surface area contributed by atoms with Crippen LogP contribution in [0, 0.1) is 0 Å². The van der Waals surface area contributed by atoms with Crippen molar-refractivity contribution in [1.82, 2.24) is 10.3 Å². The molecule has 0 radical (unpaired) electrons. The number of carboxylic acids is 1. The predicted molar refractivity (Wildman–Crippen MR) is 106 cm³/mol. The summed E-state index contributed by atoms with van der Waals surface area (Å²) < 4.78 is 0.993. The number of hydrogen-bond acceptors (Lipinski definition) is 5. The second kappa shape index (κ2) is 7.03. The van der Waals surface area contributed by atoms with Crippen molar-refractivity contribution in [2.24, 2.45) is 0 Å². The molecule has 140 valence electrons. The Kier molecular flexibility index (Phi) is 4.54. The van der Waals surface area contributed by atoms with E-state index < -0.39 is 17.5 Å². The van der Waals surface area contributed by atoms with Crippen molar-refractivity contribution in [3.05, 3.63) is 88.6 Å². The van der Waals surface area contributed by atoms with Gasteiger partial charge in [-0.25, -0.2) is 9.78 Å². The predicted octanol–water partition coefficient (Wildman–Crippen LogP) is 3.46. The van der Waals surface area contributed by atoms with E-state index in [4.69, 9.17) is 0 Å². The Morgan fingerprint density at radius 2 is 1.79 bits per heavy atom. The van der Waals surface area contributed by atoms with Crippen LogP contribution in [0.15, 0.2) is 72.5 Å². The van der Waals surface area contributed by atoms with E-state index in [9.17, 15) is 19.8 Å². The number of amides is 1. The summed E-state index contributed by atoms with van der Waals surface area (Å²) in [5, 5.41) is 23.5. The molecule has 3 aromatic rings. The van der Waals surface area contributed by atoms with Gasteiger partial charge in [0.25, 0.3) is 5.91 Å². The molecule has 1 aliphatic carbocycles. The number of thiazole rings is 1. The first-order chi connectivity index (χ1) is 13.5. The minimum atomic E-state index is -1.24. The maximum Gasteiger partial charge on any atom is 0.336 e. The number of rotatable bonds is 4. The lowest BCUT2D eigenvalue weighted by atomic mass is 9.94. The van der Waals surface area contributed by atoms with Gasteiger partial charge in [0.2, 0.25) is 0 Å². The Bertz CT molecular complexity index is 1120. The zero-order valence-corrected chi connectivity index (χ0v) is 15.4. The fourth-order valence-electron chi connectivity index (χ4n) is 3.00. The highest BCUT2D eigenvalue weighted by molar-refractivity contribution is 7.18. The molecule has 0 fully saturated rings. The van der Waals surface area contributed by atoms with Crippen molar-refractivity contribution < 1.29 is 19.8 Å². The lowest BCUT2D eigenvalue weighted by Gasteiger charge is -2.24. The van der Waals surface area contributed by atoms with E-state index in [0.717, 1.165) is 10.2 Å². The molecule has 7 heteroatoms. The molecule has 0 aliphatic heterocycles. The van der Waals surface area contributed by atoms with Crippen LogP contribution in [0.3, 0.4) is 0 Å². The number of carbonyl (C=O) groups excluding carboxylic acids is 1. The Morgan fingerprint density at radius 1 is 1.07 bits per heavy atom. The molecule has 1 atom stereocenters. The topological polar surface area (TPSA) is 99.5 Å². The summed E-state index contributed by atoms with van der Waals surface area (Å²) in [6, 6.07) is 13.7. The molecular formula is C21H16N2O4S. The Labute approximate surface area is 164 Å². The van der Waals surface area contributed by atoms with Crippen LogP contribution in [0.25, 0.3) is 10.2 Å². The molecule has 0 spiro atoms. The maximum atomic E-state index is 12.5. The summed E-state index contributed by atoms with van der Waals surface area (Å²) in [4.78, 5) is 28.3. The number of carbonyl (C=O) groups is 2. The van der Waals surface area contributed by atoms with Crippen LogP contribution in [-0.4, -0.2) is 27.1 Å². The number of fused-ring (bicyclic) bond motifs is 1. The molecule has 0 saturated carbocycles. The van der Waals surface area contributed by atoms with E-state index in [1.54, 1.807) is 30.4 Å². The van der Waals surface area contributed by atoms with Gasteiger partial charge in [0.05, 0.1) is 21.3 Å². The summed E-state index contributed by atoms with van der Waals surface area (Å²) in [6.07, 6.45) is 5.16. The van der Waals surface area contributed by atoms with Gasteiger partial charge in [-0.15, -0.1) is 11.3 Å². The minimum Gasteiger partial charge on any atom is -0.478 e. The largest absolute Gasteiger partial charge is 0.478 e. The smallest absolute Gasteiger partial charge is 0.336 e. The van der Waals surface area contributed by atoms with Crippen LogP contribution in [-0.2, 0) is 5.60 Å². The molecule has 2 aromatic carbocycles. The second-order valence-corrected chi connectivity index (χ2v) is 7.44. The monoisotopic (exact) mass is 392 g/mol. The highest BCUT2D eigenvalue weighted by Crippen LogP contribution is 2.36. The third-order valence-corrected chi connectivity index (χ3v) is 5.70. The molecular weight excluding hydrogens is 376 g/mol. The van der Waals surface area contributed by atoms with Crippen LogP contribution in [0.5, 0.6) is 0 Å². The Morgan fingerprint density at radius 3 is 2.46 bits per heavy atom. The third kappa shape index (κ3) is 3.33. The van der Waals surface area contributed by atoms with E-state index in [0.29, 0.717) is 10.7 Å². The van der Waals surface area contributed by atoms with E-state index in [1.165, 1.54) is 23.5 Å². The molecule has 0 saturated heterocycles. The van der Waals surface area contributed by atoms with Gasteiger partial charge in [-0.3, -0.25) is 4.79 Å². The van der Waals surface area contributed by atoms with E-state index in [2.05, 4.69) is 10.3 Å². The highest BCUT2D eigenvalue weighted by atomic mass is 32.1. The molecule has 1 aliphatic rings. The van der Waals surface area contributed by atoms with Gasteiger partial charge in [0, 0.05) is 12.1 Å². The normalized spacial score (nSPS) is 18.7. The first-order valence-electron chi connectivity index (χ1n) is 8.58. The maximum absolute atomic E-state index is 12.5. The van der Waals surface area contributed by atoms with Crippen molar-refractivity contribution in [3.63, 3.8) is 0 Å². The van der Waals surface area contributed by atoms with Gasteiger partial charge < -0.3 is 15.5 Å². The van der Waals surface area contributed by atoms with Crippen molar-refractivity contribution >= 4 is 33.4 Å². The van der Waals surface area contributed by atoms with Gasteiger partial charge >= 0.3 is 5.97 Å². The zero-order valence-electron chi connectivity index (χ0n) is 14.6. The first kappa shape index (κ1) is 18.1. The number of nitrogens with one attached hydrogen (secondary N) is 1. The first-order valence-corrected chi connectivity index (χ1v) is 9.39. The number of benzene rings is 2. The number of para-hydroxylation sites is 1. The van der Waals surface area contributed by atoms with Gasteiger partial charge in [-0.1, -0.05) is 30.3 Å². The number of aromatic nitrogens is 1. The van der Waals surface area contributed by atoms with Crippen LogP contribution in [0.2, 0.25) is 0 Å². The molecule has 0 bridgehead atoms. The van der Waals surface area contributed by atoms with Crippen molar-refractivity contribution in [2.45, 2.75) is 12.0 Å². The van der Waals surface area contributed by atoms with Crippen LogP contribution in [0.1, 0.15) is 32.1 Å². The van der Waals surface area contributed by atoms with Crippen molar-refractivity contribution in [3.8, 4) is 0 Å². The summed E-state index contributed by atoms with van der Waals surface area (Å²) in [5.41, 5.74) is 0.105. The van der Waals surface area contributed by atoms with Crippen molar-refractivity contribution in [1.29, 1.82) is 0 Å². The lowest BCUT2D eigenvalue weighted by Crippen LogP contribution is -2.29. The average molecular weight is 392 g/mol. The van der Waals surface area contributed by atoms with Crippen LogP contribution >= 0.6 is 11.3 Å². The number of aromatic carboxylic acids is 1. The zero-order chi connectivity index (χ0) is 19.7. The molecule has 1 heterocycles.